The zero-order valence-corrected chi connectivity index (χ0v) is 23.2. The van der Waals surface area contributed by atoms with Crippen LogP contribution in [0.3, 0.4) is 0 Å². The Kier molecular flexibility index (Phi) is 18.8. The van der Waals surface area contributed by atoms with Crippen molar-refractivity contribution in [1.82, 2.24) is 3.11 Å². The molecule has 1 saturated heterocycles. The van der Waals surface area contributed by atoms with Gasteiger partial charge in [-0.05, 0) is 25.7 Å². The van der Waals surface area contributed by atoms with Gasteiger partial charge in [0.15, 0.2) is 10.1 Å². The summed E-state index contributed by atoms with van der Waals surface area (Å²) in [7, 11) is -6.09. The van der Waals surface area contributed by atoms with Crippen molar-refractivity contribution in [3.8, 4) is 0 Å². The largest absolute Gasteiger partial charge is 0.741 e. The van der Waals surface area contributed by atoms with Gasteiger partial charge in [-0.25, -0.2) is 11.5 Å². The van der Waals surface area contributed by atoms with Gasteiger partial charge in [0.25, 0.3) is 0 Å². The molecule has 0 saturated carbocycles. The van der Waals surface area contributed by atoms with E-state index in [-0.39, 0.29) is 11.8 Å². The number of unbranched alkanes of at least 4 members (excludes halogenated alkanes) is 4. The smallest absolute Gasteiger partial charge is 0.485 e. The maximum absolute atomic E-state index is 10.7. The Balaban J connectivity index is 0. The third-order valence-corrected chi connectivity index (χ3v) is 6.86. The van der Waals surface area contributed by atoms with E-state index < -0.39 is 15.6 Å². The Morgan fingerprint density at radius 1 is 0.818 bits per heavy atom. The number of rotatable bonds is 12. The summed E-state index contributed by atoms with van der Waals surface area (Å²) >= 11 is 1.72. The lowest BCUT2D eigenvalue weighted by Gasteiger charge is -2.39. The summed E-state index contributed by atoms with van der Waals surface area (Å²) in [5.41, 5.74) is -5.65. The van der Waals surface area contributed by atoms with Gasteiger partial charge in [0.1, 0.15) is 0 Å². The average molecular weight is 617 g/mol. The molecule has 2 amide bonds. The van der Waals surface area contributed by atoms with Crippen molar-refractivity contribution in [1.29, 1.82) is 0 Å². The van der Waals surface area contributed by atoms with Crippen LogP contribution in [0.15, 0.2) is 0 Å². The number of amides is 2. The predicted molar refractivity (Wildman–Crippen MR) is 130 cm³/mol. The quantitative estimate of drug-likeness (QED) is 0.0717. The number of alkyl halides is 3. The van der Waals surface area contributed by atoms with E-state index in [4.69, 9.17) is 13.0 Å². The van der Waals surface area contributed by atoms with Crippen molar-refractivity contribution in [3.05, 3.63) is 0 Å². The van der Waals surface area contributed by atoms with Crippen LogP contribution in [-0.2, 0) is 19.7 Å². The highest BCUT2D eigenvalue weighted by Crippen LogP contribution is 2.20. The fourth-order valence-electron chi connectivity index (χ4n) is 3.19. The van der Waals surface area contributed by atoms with E-state index in [1.54, 1.807) is 22.9 Å². The minimum Gasteiger partial charge on any atom is -0.741 e. The van der Waals surface area contributed by atoms with Gasteiger partial charge >= 0.3 is 5.51 Å². The Morgan fingerprint density at radius 2 is 1.06 bits per heavy atom. The second-order valence-electron chi connectivity index (χ2n) is 8.12. The molecule has 7 nitrogen and oxygen atoms in total. The second-order valence-corrected chi connectivity index (χ2v) is 10.5. The molecule has 12 heteroatoms. The molecule has 0 aromatic rings. The van der Waals surface area contributed by atoms with E-state index in [0.29, 0.717) is 12.8 Å². The molecular formula is C21H40F3IN2O5S. The molecule has 1 aliphatic rings. The number of imide groups is 1. The van der Waals surface area contributed by atoms with E-state index in [1.807, 2.05) is 0 Å². The fraction of sp³-hybridized carbons (Fsp3) is 0.905. The standard InChI is InChI=1S/C16H36N.C4H4INO2.CHF3O3S/c1-5-9-13-17(14-10-6-2,15-11-7-3)16-12-8-4;5-6-3(7)1-2-4(6)8;2-1(3,4)8(5,6)7/h5-16H2,1-4H3;1-2H2;(H,5,6,7)/q+1;;/p-1. The van der Waals surface area contributed by atoms with Gasteiger partial charge in [-0.3, -0.25) is 9.59 Å². The molecule has 0 aromatic heterocycles. The van der Waals surface area contributed by atoms with Crippen molar-refractivity contribution in [2.45, 2.75) is 97.4 Å². The molecule has 198 valence electrons. The van der Waals surface area contributed by atoms with Crippen LogP contribution < -0.4 is 0 Å². The van der Waals surface area contributed by atoms with Crippen LogP contribution >= 0.6 is 22.9 Å². The molecule has 33 heavy (non-hydrogen) atoms. The fourth-order valence-corrected chi connectivity index (χ4v) is 3.68. The molecule has 0 N–H and O–H groups in total. The summed E-state index contributed by atoms with van der Waals surface area (Å²) in [6, 6.07) is 0. The maximum atomic E-state index is 10.7. The topological polar surface area (TPSA) is 94.6 Å². The van der Waals surface area contributed by atoms with Crippen LogP contribution in [0.1, 0.15) is 91.9 Å². The van der Waals surface area contributed by atoms with E-state index in [9.17, 15) is 22.8 Å². The normalized spacial score (nSPS) is 14.5. The molecule has 0 radical (unpaired) electrons. The van der Waals surface area contributed by atoms with Crippen LogP contribution in [0.25, 0.3) is 0 Å². The summed E-state index contributed by atoms with van der Waals surface area (Å²) in [4.78, 5) is 21.0. The minimum atomic E-state index is -6.09. The molecule has 0 bridgehead atoms. The minimum absolute atomic E-state index is 0.0735. The first kappa shape index (κ1) is 34.7. The molecule has 0 unspecified atom stereocenters. The van der Waals surface area contributed by atoms with Crippen LogP contribution in [0, 0.1) is 0 Å². The lowest BCUT2D eigenvalue weighted by molar-refractivity contribution is -0.929. The first-order valence-electron chi connectivity index (χ1n) is 11.6. The molecule has 0 aromatic carbocycles. The van der Waals surface area contributed by atoms with E-state index >= 15 is 0 Å². The van der Waals surface area contributed by atoms with E-state index in [1.165, 1.54) is 82.0 Å². The van der Waals surface area contributed by atoms with Gasteiger partial charge in [0.05, 0.1) is 49.0 Å². The number of hydrogen-bond acceptors (Lipinski definition) is 5. The number of quaternary nitrogens is 1. The Labute approximate surface area is 211 Å². The number of carbonyl (C=O) groups excluding carboxylic acids is 2. The molecule has 1 heterocycles. The van der Waals surface area contributed by atoms with Crippen LogP contribution in [0.2, 0.25) is 0 Å². The highest BCUT2D eigenvalue weighted by Gasteiger charge is 2.37. The van der Waals surface area contributed by atoms with Crippen molar-refractivity contribution in [2.24, 2.45) is 0 Å². The average Bonchev–Trinajstić information content (AvgIpc) is 3.03. The Bertz CT molecular complexity index is 607. The molecule has 1 fully saturated rings. The summed E-state index contributed by atoms with van der Waals surface area (Å²) in [5, 5.41) is 0. The number of nitrogens with zero attached hydrogens (tertiary/aromatic N) is 2. The summed E-state index contributed by atoms with van der Waals surface area (Å²) < 4.78 is 61.5. The highest BCUT2D eigenvalue weighted by molar-refractivity contribution is 14.1. The zero-order chi connectivity index (χ0) is 26.1. The molecule has 0 spiro atoms. The third-order valence-electron chi connectivity index (χ3n) is 5.22. The monoisotopic (exact) mass is 616 g/mol. The third kappa shape index (κ3) is 15.9. The van der Waals surface area contributed by atoms with Gasteiger partial charge < -0.3 is 9.04 Å². The molecule has 0 aliphatic carbocycles. The van der Waals surface area contributed by atoms with E-state index in [2.05, 4.69) is 27.7 Å². The van der Waals surface area contributed by atoms with Crippen LogP contribution in [0.5, 0.6) is 0 Å². The van der Waals surface area contributed by atoms with Crippen molar-refractivity contribution in [3.63, 3.8) is 0 Å². The molecule has 1 aliphatic heterocycles. The highest BCUT2D eigenvalue weighted by atomic mass is 127. The number of hydrogen-bond donors (Lipinski definition) is 0. The first-order valence-corrected chi connectivity index (χ1v) is 14.0. The van der Waals surface area contributed by atoms with Crippen molar-refractivity contribution >= 4 is 44.8 Å². The van der Waals surface area contributed by atoms with Crippen molar-refractivity contribution < 1.29 is 40.2 Å². The molecule has 0 atom stereocenters. The lowest BCUT2D eigenvalue weighted by atomic mass is 10.1. The van der Waals surface area contributed by atoms with Gasteiger partial charge in [-0.15, -0.1) is 0 Å². The van der Waals surface area contributed by atoms with E-state index in [0.717, 1.165) is 3.11 Å². The second kappa shape index (κ2) is 17.9. The molecular weight excluding hydrogens is 576 g/mol. The summed E-state index contributed by atoms with van der Waals surface area (Å²) in [5.74, 6) is -0.147. The maximum Gasteiger partial charge on any atom is 0.485 e. The van der Waals surface area contributed by atoms with Crippen LogP contribution in [-0.4, -0.2) is 64.1 Å². The summed E-state index contributed by atoms with van der Waals surface area (Å²) in [6.07, 6.45) is 11.8. The number of halogens is 4. The Morgan fingerprint density at radius 3 is 1.18 bits per heavy atom. The Hall–Kier alpha value is -0.470. The van der Waals surface area contributed by atoms with Gasteiger partial charge in [-0.2, -0.15) is 13.2 Å². The SMILES string of the molecule is CCCC[N+](CCCC)(CCCC)CCCC.O=C1CCC(=O)N1I.O=S(=O)([O-])C(F)(F)F. The lowest BCUT2D eigenvalue weighted by Crippen LogP contribution is -2.50. The van der Waals surface area contributed by atoms with Crippen LogP contribution in [0.4, 0.5) is 13.2 Å². The van der Waals surface area contributed by atoms with Gasteiger partial charge in [0.2, 0.25) is 11.8 Å². The number of carbonyl (C=O) groups is 2. The van der Waals surface area contributed by atoms with Gasteiger partial charge in [0, 0.05) is 12.8 Å². The molecule has 1 rings (SSSR count). The predicted octanol–water partition coefficient (Wildman–Crippen LogP) is 5.54. The first-order chi connectivity index (χ1) is 15.2. The zero-order valence-electron chi connectivity index (χ0n) is 20.3. The summed E-state index contributed by atoms with van der Waals surface area (Å²) in [6.45, 7) is 15.0. The van der Waals surface area contributed by atoms with Gasteiger partial charge in [-0.1, -0.05) is 53.4 Å². The van der Waals surface area contributed by atoms with Crippen molar-refractivity contribution in [2.75, 3.05) is 26.2 Å².